The van der Waals surface area contributed by atoms with E-state index in [1.807, 2.05) is 25.1 Å². The summed E-state index contributed by atoms with van der Waals surface area (Å²) >= 11 is 0. The molecule has 6 heteroatoms. The molecule has 3 rings (SSSR count). The first-order valence-corrected chi connectivity index (χ1v) is 7.41. The zero-order valence-corrected chi connectivity index (χ0v) is 12.6. The number of amides is 1. The molecule has 1 heterocycles. The molecule has 1 N–H and O–H groups in total. The molecule has 0 unspecified atom stereocenters. The van der Waals surface area contributed by atoms with E-state index in [1.54, 1.807) is 6.92 Å². The SMILES string of the molecule is C[C@H](OC(=O)[C@H]1C[C@@H]1C)C(=O)NCc1ccc2c(c1)OCO2. The second-order valence-corrected chi connectivity index (χ2v) is 5.80. The number of hydrogen-bond acceptors (Lipinski definition) is 5. The zero-order chi connectivity index (χ0) is 15.7. The molecule has 1 amide bonds. The zero-order valence-electron chi connectivity index (χ0n) is 12.6. The van der Waals surface area contributed by atoms with Gasteiger partial charge in [0, 0.05) is 6.54 Å². The van der Waals surface area contributed by atoms with E-state index in [0.717, 1.165) is 12.0 Å². The number of esters is 1. The minimum atomic E-state index is -0.783. The molecule has 0 radical (unpaired) electrons. The van der Waals surface area contributed by atoms with Gasteiger partial charge in [-0.05, 0) is 37.0 Å². The molecule has 1 aliphatic heterocycles. The van der Waals surface area contributed by atoms with Crippen LogP contribution in [0, 0.1) is 11.8 Å². The standard InChI is InChI=1S/C16H19NO5/c1-9-5-12(9)16(19)22-10(2)15(18)17-7-11-3-4-13-14(6-11)21-8-20-13/h3-4,6,9-10,12H,5,7-8H2,1-2H3,(H,17,18)/t9-,10-,12-/m0/s1. The third-order valence-corrected chi connectivity index (χ3v) is 3.98. The van der Waals surface area contributed by atoms with Crippen molar-refractivity contribution < 1.29 is 23.8 Å². The van der Waals surface area contributed by atoms with Gasteiger partial charge in [-0.3, -0.25) is 9.59 Å². The molecule has 2 aliphatic rings. The molecule has 6 nitrogen and oxygen atoms in total. The summed E-state index contributed by atoms with van der Waals surface area (Å²) in [6, 6.07) is 5.49. The Kier molecular flexibility index (Phi) is 3.92. The van der Waals surface area contributed by atoms with Gasteiger partial charge < -0.3 is 19.5 Å². The predicted octanol–water partition coefficient (Wildman–Crippen LogP) is 1.62. The fourth-order valence-corrected chi connectivity index (χ4v) is 2.35. The number of benzene rings is 1. The Balaban J connectivity index is 1.48. The number of carbonyl (C=O) groups excluding carboxylic acids is 2. The van der Waals surface area contributed by atoms with Crippen molar-refractivity contribution in [2.24, 2.45) is 11.8 Å². The minimum absolute atomic E-state index is 0.0379. The Hall–Kier alpha value is -2.24. The van der Waals surface area contributed by atoms with Crippen LogP contribution in [0.3, 0.4) is 0 Å². The summed E-state index contributed by atoms with van der Waals surface area (Å²) in [5, 5.41) is 2.75. The van der Waals surface area contributed by atoms with Crippen molar-refractivity contribution in [1.29, 1.82) is 0 Å². The molecule has 0 aromatic heterocycles. The second kappa shape index (κ2) is 5.87. The van der Waals surface area contributed by atoms with Crippen molar-refractivity contribution >= 4 is 11.9 Å². The van der Waals surface area contributed by atoms with Crippen LogP contribution in [0.2, 0.25) is 0 Å². The van der Waals surface area contributed by atoms with Crippen LogP contribution in [-0.4, -0.2) is 24.8 Å². The highest BCUT2D eigenvalue weighted by atomic mass is 16.7. The van der Waals surface area contributed by atoms with Crippen molar-refractivity contribution in [3.8, 4) is 11.5 Å². The van der Waals surface area contributed by atoms with E-state index in [9.17, 15) is 9.59 Å². The number of rotatable bonds is 5. The van der Waals surface area contributed by atoms with Gasteiger partial charge in [0.2, 0.25) is 6.79 Å². The number of nitrogens with one attached hydrogen (secondary N) is 1. The highest BCUT2D eigenvalue weighted by molar-refractivity contribution is 5.84. The van der Waals surface area contributed by atoms with E-state index in [1.165, 1.54) is 0 Å². The molecule has 0 saturated heterocycles. The minimum Gasteiger partial charge on any atom is -0.454 e. The summed E-state index contributed by atoms with van der Waals surface area (Å²) in [5.74, 6) is 1.13. The molecule has 0 spiro atoms. The highest BCUT2D eigenvalue weighted by Crippen LogP contribution is 2.38. The van der Waals surface area contributed by atoms with E-state index in [2.05, 4.69) is 5.32 Å². The highest BCUT2D eigenvalue weighted by Gasteiger charge is 2.41. The number of fused-ring (bicyclic) bond motifs is 1. The topological polar surface area (TPSA) is 73.9 Å². The van der Waals surface area contributed by atoms with Crippen molar-refractivity contribution in [3.63, 3.8) is 0 Å². The molecule has 118 valence electrons. The maximum atomic E-state index is 12.0. The van der Waals surface area contributed by atoms with Crippen LogP contribution in [0.4, 0.5) is 0 Å². The first-order chi connectivity index (χ1) is 10.5. The van der Waals surface area contributed by atoms with Crippen molar-refractivity contribution in [3.05, 3.63) is 23.8 Å². The van der Waals surface area contributed by atoms with E-state index in [0.29, 0.717) is 24.0 Å². The quantitative estimate of drug-likeness (QED) is 0.837. The molecule has 1 saturated carbocycles. The third-order valence-electron chi connectivity index (χ3n) is 3.98. The normalized spacial score (nSPS) is 22.8. The molecule has 1 fully saturated rings. The lowest BCUT2D eigenvalue weighted by molar-refractivity contribution is -0.156. The van der Waals surface area contributed by atoms with Gasteiger partial charge in [0.15, 0.2) is 17.6 Å². The Morgan fingerprint density at radius 1 is 1.36 bits per heavy atom. The monoisotopic (exact) mass is 305 g/mol. The first-order valence-electron chi connectivity index (χ1n) is 7.41. The fraction of sp³-hybridized carbons (Fsp3) is 0.500. The predicted molar refractivity (Wildman–Crippen MR) is 77.2 cm³/mol. The van der Waals surface area contributed by atoms with Gasteiger partial charge in [-0.25, -0.2) is 0 Å². The summed E-state index contributed by atoms with van der Waals surface area (Å²) in [5.41, 5.74) is 0.895. The van der Waals surface area contributed by atoms with Crippen LogP contribution in [0.1, 0.15) is 25.8 Å². The van der Waals surface area contributed by atoms with E-state index in [-0.39, 0.29) is 24.6 Å². The average molecular weight is 305 g/mol. The summed E-state index contributed by atoms with van der Waals surface area (Å²) in [6.45, 7) is 4.14. The van der Waals surface area contributed by atoms with Crippen LogP contribution in [0.15, 0.2) is 18.2 Å². The van der Waals surface area contributed by atoms with Crippen molar-refractivity contribution in [2.45, 2.75) is 32.9 Å². The molecule has 1 aromatic carbocycles. The maximum Gasteiger partial charge on any atom is 0.309 e. The average Bonchev–Trinajstić information content (AvgIpc) is 3.06. The van der Waals surface area contributed by atoms with Gasteiger partial charge in [0.1, 0.15) is 0 Å². The van der Waals surface area contributed by atoms with Gasteiger partial charge >= 0.3 is 5.97 Å². The van der Waals surface area contributed by atoms with Crippen LogP contribution in [0.25, 0.3) is 0 Å². The van der Waals surface area contributed by atoms with E-state index >= 15 is 0 Å². The van der Waals surface area contributed by atoms with Crippen molar-refractivity contribution in [2.75, 3.05) is 6.79 Å². The Bertz CT molecular complexity index is 600. The van der Waals surface area contributed by atoms with Crippen molar-refractivity contribution in [1.82, 2.24) is 5.32 Å². The first kappa shape index (κ1) is 14.7. The number of carbonyl (C=O) groups is 2. The number of hydrogen-bond donors (Lipinski definition) is 1. The lowest BCUT2D eigenvalue weighted by Gasteiger charge is -2.13. The van der Waals surface area contributed by atoms with Crippen LogP contribution < -0.4 is 14.8 Å². The maximum absolute atomic E-state index is 12.0. The molecular weight excluding hydrogens is 286 g/mol. The third kappa shape index (κ3) is 3.16. The lowest BCUT2D eigenvalue weighted by Crippen LogP contribution is -2.35. The Morgan fingerprint density at radius 3 is 2.82 bits per heavy atom. The molecule has 0 bridgehead atoms. The van der Waals surface area contributed by atoms with Gasteiger partial charge in [-0.15, -0.1) is 0 Å². The van der Waals surface area contributed by atoms with Gasteiger partial charge in [0.25, 0.3) is 5.91 Å². The lowest BCUT2D eigenvalue weighted by atomic mass is 10.2. The summed E-state index contributed by atoms with van der Waals surface area (Å²) in [7, 11) is 0. The molecule has 1 aromatic rings. The van der Waals surface area contributed by atoms with E-state index < -0.39 is 6.10 Å². The van der Waals surface area contributed by atoms with E-state index in [4.69, 9.17) is 14.2 Å². The second-order valence-electron chi connectivity index (χ2n) is 5.80. The molecule has 1 aliphatic carbocycles. The summed E-state index contributed by atoms with van der Waals surface area (Å²) < 4.78 is 15.7. The van der Waals surface area contributed by atoms with Crippen LogP contribution in [-0.2, 0) is 20.9 Å². The van der Waals surface area contributed by atoms with Crippen LogP contribution in [0.5, 0.6) is 11.5 Å². The smallest absolute Gasteiger partial charge is 0.309 e. The Labute approximate surface area is 128 Å². The Morgan fingerprint density at radius 2 is 2.09 bits per heavy atom. The molecule has 3 atom stereocenters. The summed E-state index contributed by atoms with van der Waals surface area (Å²) in [4.78, 5) is 23.7. The van der Waals surface area contributed by atoms with Gasteiger partial charge in [-0.2, -0.15) is 0 Å². The number of ether oxygens (including phenoxy) is 3. The molecule has 22 heavy (non-hydrogen) atoms. The van der Waals surface area contributed by atoms with Gasteiger partial charge in [-0.1, -0.05) is 13.0 Å². The fourth-order valence-electron chi connectivity index (χ4n) is 2.35. The summed E-state index contributed by atoms with van der Waals surface area (Å²) in [6.07, 6.45) is 0.0685. The molecular formula is C16H19NO5. The van der Waals surface area contributed by atoms with Gasteiger partial charge in [0.05, 0.1) is 5.92 Å². The largest absolute Gasteiger partial charge is 0.454 e. The van der Waals surface area contributed by atoms with Crippen LogP contribution >= 0.6 is 0 Å².